The molecule has 8 heteroatoms. The lowest BCUT2D eigenvalue weighted by Gasteiger charge is -2.16. The lowest BCUT2D eigenvalue weighted by molar-refractivity contribution is 0.0267. The fraction of sp³-hybridized carbons (Fsp3) is 0.286. The number of halogens is 1. The number of nitrogens with one attached hydrogen (secondary N) is 1. The minimum absolute atomic E-state index is 0.0236. The molecule has 0 unspecified atom stereocenters. The Labute approximate surface area is 132 Å². The van der Waals surface area contributed by atoms with Gasteiger partial charge in [-0.2, -0.15) is 0 Å². The SMILES string of the molecule is CC(C)(O)COc1nn(-c2ccccc2)c(NC(=O)O)c1Cl. The molecule has 7 nitrogen and oxygen atoms in total. The standard InChI is InChI=1S/C14H16ClN3O4/c1-14(2,21)8-22-12-10(15)11(16-13(19)20)18(17-12)9-6-4-3-5-7-9/h3-7,16,21H,8H2,1-2H3,(H,19,20). The van der Waals surface area contributed by atoms with Gasteiger partial charge in [0.05, 0.1) is 11.3 Å². The molecule has 0 spiro atoms. The Morgan fingerprint density at radius 1 is 1.41 bits per heavy atom. The summed E-state index contributed by atoms with van der Waals surface area (Å²) in [6, 6.07) is 8.89. The van der Waals surface area contributed by atoms with Crippen molar-refractivity contribution in [1.82, 2.24) is 9.78 Å². The summed E-state index contributed by atoms with van der Waals surface area (Å²) in [6.45, 7) is 3.11. The number of rotatable bonds is 5. The van der Waals surface area contributed by atoms with Crippen LogP contribution in [0.2, 0.25) is 5.02 Å². The first kappa shape index (κ1) is 16.1. The van der Waals surface area contributed by atoms with Gasteiger partial charge in [-0.05, 0) is 26.0 Å². The van der Waals surface area contributed by atoms with Gasteiger partial charge >= 0.3 is 6.09 Å². The van der Waals surface area contributed by atoms with E-state index in [1.165, 1.54) is 4.68 Å². The highest BCUT2D eigenvalue weighted by Crippen LogP contribution is 2.34. The van der Waals surface area contributed by atoms with Gasteiger partial charge in [-0.15, -0.1) is 5.10 Å². The van der Waals surface area contributed by atoms with Crippen LogP contribution in [0.1, 0.15) is 13.8 Å². The maximum Gasteiger partial charge on any atom is 0.410 e. The molecule has 22 heavy (non-hydrogen) atoms. The summed E-state index contributed by atoms with van der Waals surface area (Å²) in [5, 5.41) is 25.0. The van der Waals surface area contributed by atoms with Crippen LogP contribution in [0.3, 0.4) is 0 Å². The van der Waals surface area contributed by atoms with Crippen molar-refractivity contribution < 1.29 is 19.7 Å². The van der Waals surface area contributed by atoms with E-state index in [-0.39, 0.29) is 23.3 Å². The Balaban J connectivity index is 2.41. The van der Waals surface area contributed by atoms with E-state index in [1.807, 2.05) is 6.07 Å². The van der Waals surface area contributed by atoms with Crippen LogP contribution >= 0.6 is 11.6 Å². The molecule has 3 N–H and O–H groups in total. The molecule has 0 saturated carbocycles. The van der Waals surface area contributed by atoms with E-state index in [0.717, 1.165) is 0 Å². The Bertz CT molecular complexity index is 665. The topological polar surface area (TPSA) is 96.6 Å². The lowest BCUT2D eigenvalue weighted by Crippen LogP contribution is -2.28. The Morgan fingerprint density at radius 3 is 2.59 bits per heavy atom. The van der Waals surface area contributed by atoms with Crippen molar-refractivity contribution in [3.63, 3.8) is 0 Å². The van der Waals surface area contributed by atoms with E-state index in [1.54, 1.807) is 38.1 Å². The maximum atomic E-state index is 10.9. The summed E-state index contributed by atoms with van der Waals surface area (Å²) in [6.07, 6.45) is -1.27. The third kappa shape index (κ3) is 3.90. The second-order valence-electron chi connectivity index (χ2n) is 5.25. The van der Waals surface area contributed by atoms with Crippen LogP contribution in [0, 0.1) is 0 Å². The lowest BCUT2D eigenvalue weighted by atomic mass is 10.2. The molecule has 0 saturated heterocycles. The molecule has 0 aliphatic carbocycles. The van der Waals surface area contributed by atoms with Crippen molar-refractivity contribution >= 4 is 23.5 Å². The largest absolute Gasteiger partial charge is 0.472 e. The zero-order valence-corrected chi connectivity index (χ0v) is 12.8. The third-order valence-corrected chi connectivity index (χ3v) is 2.93. The van der Waals surface area contributed by atoms with Gasteiger partial charge in [0.1, 0.15) is 11.6 Å². The first-order chi connectivity index (χ1) is 10.3. The number of benzene rings is 1. The smallest absolute Gasteiger partial charge is 0.410 e. The summed E-state index contributed by atoms with van der Waals surface area (Å²) in [5.41, 5.74) is -0.452. The molecule has 0 aliphatic rings. The molecular formula is C14H16ClN3O4. The number of carbonyl (C=O) groups is 1. The quantitative estimate of drug-likeness (QED) is 0.785. The summed E-state index contributed by atoms with van der Waals surface area (Å²) in [5.74, 6) is 0.113. The van der Waals surface area contributed by atoms with Crippen LogP contribution in [-0.4, -0.2) is 38.3 Å². The monoisotopic (exact) mass is 325 g/mol. The van der Waals surface area contributed by atoms with Crippen molar-refractivity contribution in [2.45, 2.75) is 19.4 Å². The van der Waals surface area contributed by atoms with E-state index in [0.29, 0.717) is 5.69 Å². The fourth-order valence-corrected chi connectivity index (χ4v) is 1.90. The summed E-state index contributed by atoms with van der Waals surface area (Å²) >= 11 is 6.14. The highest BCUT2D eigenvalue weighted by molar-refractivity contribution is 6.34. The predicted octanol–water partition coefficient (Wildman–Crippen LogP) is 2.77. The van der Waals surface area contributed by atoms with Crippen LogP contribution in [0.5, 0.6) is 5.88 Å². The number of ether oxygens (including phenoxy) is 1. The summed E-state index contributed by atoms with van der Waals surface area (Å²) in [4.78, 5) is 10.9. The number of carboxylic acid groups (broad SMARTS) is 1. The molecule has 1 heterocycles. The van der Waals surface area contributed by atoms with E-state index < -0.39 is 11.7 Å². The Hall–Kier alpha value is -2.25. The van der Waals surface area contributed by atoms with Gasteiger partial charge in [-0.1, -0.05) is 29.8 Å². The van der Waals surface area contributed by atoms with Crippen molar-refractivity contribution in [3.05, 3.63) is 35.4 Å². The Morgan fingerprint density at radius 2 is 2.05 bits per heavy atom. The van der Waals surface area contributed by atoms with E-state index >= 15 is 0 Å². The van der Waals surface area contributed by atoms with Gasteiger partial charge in [0.15, 0.2) is 5.82 Å². The molecular weight excluding hydrogens is 310 g/mol. The van der Waals surface area contributed by atoms with Crippen LogP contribution < -0.4 is 10.1 Å². The summed E-state index contributed by atoms with van der Waals surface area (Å²) < 4.78 is 6.71. The number of aromatic nitrogens is 2. The summed E-state index contributed by atoms with van der Waals surface area (Å²) in [7, 11) is 0. The normalized spacial score (nSPS) is 11.3. The molecule has 0 aliphatic heterocycles. The molecule has 2 aromatic rings. The number of aliphatic hydroxyl groups is 1. The van der Waals surface area contributed by atoms with Gasteiger partial charge < -0.3 is 14.9 Å². The molecule has 1 aromatic heterocycles. The molecule has 0 atom stereocenters. The number of anilines is 1. The number of amides is 1. The average molecular weight is 326 g/mol. The second kappa shape index (κ2) is 6.25. The van der Waals surface area contributed by atoms with Crippen molar-refractivity contribution in [2.75, 3.05) is 11.9 Å². The number of para-hydroxylation sites is 1. The molecule has 0 fully saturated rings. The third-order valence-electron chi connectivity index (χ3n) is 2.59. The maximum absolute atomic E-state index is 10.9. The minimum atomic E-state index is -1.27. The van der Waals surface area contributed by atoms with Gasteiger partial charge in [0, 0.05) is 0 Å². The molecule has 1 aromatic carbocycles. The zero-order valence-electron chi connectivity index (χ0n) is 12.1. The number of hydrogen-bond acceptors (Lipinski definition) is 4. The molecule has 0 radical (unpaired) electrons. The Kier molecular flexibility index (Phi) is 4.58. The van der Waals surface area contributed by atoms with Crippen LogP contribution in [0.25, 0.3) is 5.69 Å². The van der Waals surface area contributed by atoms with Crippen LogP contribution in [0.15, 0.2) is 30.3 Å². The van der Waals surface area contributed by atoms with E-state index in [9.17, 15) is 9.90 Å². The highest BCUT2D eigenvalue weighted by atomic mass is 35.5. The fourth-order valence-electron chi connectivity index (χ4n) is 1.68. The number of hydrogen-bond donors (Lipinski definition) is 3. The van der Waals surface area contributed by atoms with Crippen molar-refractivity contribution in [1.29, 1.82) is 0 Å². The van der Waals surface area contributed by atoms with Crippen LogP contribution in [-0.2, 0) is 0 Å². The zero-order chi connectivity index (χ0) is 16.3. The molecule has 2 rings (SSSR count). The van der Waals surface area contributed by atoms with Crippen LogP contribution in [0.4, 0.5) is 10.6 Å². The average Bonchev–Trinajstić information content (AvgIpc) is 2.74. The molecule has 118 valence electrons. The predicted molar refractivity (Wildman–Crippen MR) is 82.0 cm³/mol. The van der Waals surface area contributed by atoms with Gasteiger partial charge in [0.2, 0.25) is 0 Å². The van der Waals surface area contributed by atoms with E-state index in [2.05, 4.69) is 10.4 Å². The molecule has 0 bridgehead atoms. The van der Waals surface area contributed by atoms with Crippen molar-refractivity contribution in [3.8, 4) is 11.6 Å². The molecule has 1 amide bonds. The number of nitrogens with zero attached hydrogens (tertiary/aromatic N) is 2. The minimum Gasteiger partial charge on any atom is -0.472 e. The second-order valence-corrected chi connectivity index (χ2v) is 5.62. The first-order valence-corrected chi connectivity index (χ1v) is 6.85. The highest BCUT2D eigenvalue weighted by Gasteiger charge is 2.22. The van der Waals surface area contributed by atoms with Gasteiger partial charge in [0.25, 0.3) is 5.88 Å². The first-order valence-electron chi connectivity index (χ1n) is 6.47. The van der Waals surface area contributed by atoms with Crippen molar-refractivity contribution in [2.24, 2.45) is 0 Å². The van der Waals surface area contributed by atoms with Gasteiger partial charge in [-0.25, -0.2) is 9.48 Å². The van der Waals surface area contributed by atoms with E-state index in [4.69, 9.17) is 21.4 Å². The van der Waals surface area contributed by atoms with Gasteiger partial charge in [-0.3, -0.25) is 5.32 Å².